The summed E-state index contributed by atoms with van der Waals surface area (Å²) in [6.07, 6.45) is 1.33. The van der Waals surface area contributed by atoms with Gasteiger partial charge in [0.05, 0.1) is 15.6 Å². The van der Waals surface area contributed by atoms with Crippen LogP contribution < -0.4 is 11.1 Å². The summed E-state index contributed by atoms with van der Waals surface area (Å²) in [6, 6.07) is 4.75. The molecule has 0 spiro atoms. The van der Waals surface area contributed by atoms with Crippen molar-refractivity contribution < 1.29 is 4.79 Å². The summed E-state index contributed by atoms with van der Waals surface area (Å²) in [5, 5.41) is 3.57. The first-order valence-corrected chi connectivity index (χ1v) is 6.18. The van der Waals surface area contributed by atoms with E-state index < -0.39 is 0 Å². The van der Waals surface area contributed by atoms with E-state index in [2.05, 4.69) is 5.32 Å². The van der Waals surface area contributed by atoms with Gasteiger partial charge in [-0.15, -0.1) is 0 Å². The summed E-state index contributed by atoms with van der Waals surface area (Å²) in [7, 11) is 0. The molecule has 3 nitrogen and oxygen atoms in total. The zero-order valence-electron chi connectivity index (χ0n) is 9.00. The highest BCUT2D eigenvalue weighted by molar-refractivity contribution is 7.80. The summed E-state index contributed by atoms with van der Waals surface area (Å²) in [4.78, 5) is 12.2. The fourth-order valence-electron chi connectivity index (χ4n) is 1.23. The van der Waals surface area contributed by atoms with Gasteiger partial charge in [-0.2, -0.15) is 0 Å². The monoisotopic (exact) mass is 290 g/mol. The maximum absolute atomic E-state index is 11.7. The van der Waals surface area contributed by atoms with Crippen molar-refractivity contribution in [3.05, 3.63) is 33.8 Å². The molecule has 0 aliphatic carbocycles. The fraction of sp³-hybridized carbons (Fsp3) is 0.273. The van der Waals surface area contributed by atoms with Crippen molar-refractivity contribution in [3.63, 3.8) is 0 Å². The Bertz CT molecular complexity index is 437. The van der Waals surface area contributed by atoms with Gasteiger partial charge in [0.15, 0.2) is 0 Å². The predicted molar refractivity (Wildman–Crippen MR) is 74.8 cm³/mol. The Morgan fingerprint density at radius 2 is 2.12 bits per heavy atom. The standard InChI is InChI=1S/C11H12Cl2N2OS/c12-7-3-4-8(9(13)6-7)11(16)15-5-1-2-10(14)17/h3-4,6H,1-2,5H2,(H2,14,17)(H,15,16). The molecule has 0 bridgehead atoms. The van der Waals surface area contributed by atoms with E-state index in [1.165, 1.54) is 6.07 Å². The Kier molecular flexibility index (Phi) is 5.68. The van der Waals surface area contributed by atoms with Crippen molar-refractivity contribution in [2.75, 3.05) is 6.54 Å². The Hall–Kier alpha value is -0.840. The number of nitrogens with two attached hydrogens (primary N) is 1. The first-order chi connectivity index (χ1) is 8.00. The van der Waals surface area contributed by atoms with Crippen LogP contribution in [0.2, 0.25) is 10.0 Å². The molecule has 0 saturated heterocycles. The quantitative estimate of drug-likeness (QED) is 0.648. The normalized spacial score (nSPS) is 10.0. The SMILES string of the molecule is NC(=S)CCCNC(=O)c1ccc(Cl)cc1Cl. The maximum atomic E-state index is 11.7. The van der Waals surface area contributed by atoms with Gasteiger partial charge in [-0.3, -0.25) is 4.79 Å². The van der Waals surface area contributed by atoms with Gasteiger partial charge in [0.2, 0.25) is 0 Å². The minimum atomic E-state index is -0.227. The molecule has 17 heavy (non-hydrogen) atoms. The smallest absolute Gasteiger partial charge is 0.252 e. The van der Waals surface area contributed by atoms with Crippen molar-refractivity contribution in [3.8, 4) is 0 Å². The highest BCUT2D eigenvalue weighted by atomic mass is 35.5. The number of rotatable bonds is 5. The summed E-state index contributed by atoms with van der Waals surface area (Å²) in [6.45, 7) is 0.509. The van der Waals surface area contributed by atoms with Crippen molar-refractivity contribution >= 4 is 46.3 Å². The number of carbonyl (C=O) groups is 1. The molecule has 0 saturated carbocycles. The van der Waals surface area contributed by atoms with Gasteiger partial charge in [0.25, 0.3) is 5.91 Å². The zero-order valence-corrected chi connectivity index (χ0v) is 11.3. The van der Waals surface area contributed by atoms with Crippen LogP contribution in [0.3, 0.4) is 0 Å². The molecule has 6 heteroatoms. The van der Waals surface area contributed by atoms with E-state index in [1.54, 1.807) is 12.1 Å². The van der Waals surface area contributed by atoms with Crippen LogP contribution in [-0.4, -0.2) is 17.4 Å². The second-order valence-electron chi connectivity index (χ2n) is 3.45. The average molecular weight is 291 g/mol. The lowest BCUT2D eigenvalue weighted by Crippen LogP contribution is -2.25. The van der Waals surface area contributed by atoms with Gasteiger partial charge in [-0.25, -0.2) is 0 Å². The number of hydrogen-bond acceptors (Lipinski definition) is 2. The molecule has 0 atom stereocenters. The zero-order chi connectivity index (χ0) is 12.8. The van der Waals surface area contributed by atoms with Gasteiger partial charge in [-0.05, 0) is 31.0 Å². The van der Waals surface area contributed by atoms with Crippen molar-refractivity contribution in [2.24, 2.45) is 5.73 Å². The van der Waals surface area contributed by atoms with Crippen LogP contribution >= 0.6 is 35.4 Å². The van der Waals surface area contributed by atoms with Crippen LogP contribution in [0.25, 0.3) is 0 Å². The van der Waals surface area contributed by atoms with E-state index >= 15 is 0 Å². The predicted octanol–water partition coefficient (Wildman–Crippen LogP) is 2.79. The van der Waals surface area contributed by atoms with Crippen molar-refractivity contribution in [2.45, 2.75) is 12.8 Å². The third kappa shape index (κ3) is 4.89. The summed E-state index contributed by atoms with van der Waals surface area (Å²) >= 11 is 16.4. The molecule has 0 aliphatic heterocycles. The first kappa shape index (κ1) is 14.2. The fourth-order valence-corrected chi connectivity index (χ4v) is 1.87. The van der Waals surface area contributed by atoms with Crippen LogP contribution in [0.1, 0.15) is 23.2 Å². The van der Waals surface area contributed by atoms with Crippen LogP contribution in [0, 0.1) is 0 Å². The van der Waals surface area contributed by atoms with Crippen molar-refractivity contribution in [1.82, 2.24) is 5.32 Å². The molecule has 1 aromatic carbocycles. The number of thiocarbonyl (C=S) groups is 1. The third-order valence-electron chi connectivity index (χ3n) is 2.06. The largest absolute Gasteiger partial charge is 0.393 e. The molecule has 1 rings (SSSR count). The van der Waals surface area contributed by atoms with E-state index in [-0.39, 0.29) is 5.91 Å². The van der Waals surface area contributed by atoms with Gasteiger partial charge in [0.1, 0.15) is 0 Å². The minimum Gasteiger partial charge on any atom is -0.393 e. The highest BCUT2D eigenvalue weighted by Gasteiger charge is 2.09. The lowest BCUT2D eigenvalue weighted by Gasteiger charge is -2.06. The molecule has 0 radical (unpaired) electrons. The maximum Gasteiger partial charge on any atom is 0.252 e. The Balaban J connectivity index is 2.50. The van der Waals surface area contributed by atoms with Crippen LogP contribution in [0.5, 0.6) is 0 Å². The summed E-state index contributed by atoms with van der Waals surface area (Å²) in [5.41, 5.74) is 5.75. The molecule has 0 fully saturated rings. The van der Waals surface area contributed by atoms with E-state index in [9.17, 15) is 4.79 Å². The Morgan fingerprint density at radius 3 is 2.71 bits per heavy atom. The number of nitrogens with one attached hydrogen (secondary N) is 1. The molecule has 0 aromatic heterocycles. The number of amides is 1. The number of benzene rings is 1. The molecule has 0 heterocycles. The van der Waals surface area contributed by atoms with Crippen molar-refractivity contribution in [1.29, 1.82) is 0 Å². The number of carbonyl (C=O) groups excluding carboxylic acids is 1. The topological polar surface area (TPSA) is 55.1 Å². The van der Waals surface area contributed by atoms with Gasteiger partial charge < -0.3 is 11.1 Å². The Labute approximate surface area is 115 Å². The first-order valence-electron chi connectivity index (χ1n) is 5.02. The van der Waals surface area contributed by atoms with Crippen LogP contribution in [0.15, 0.2) is 18.2 Å². The van der Waals surface area contributed by atoms with Gasteiger partial charge >= 0.3 is 0 Å². The molecule has 0 aliphatic rings. The molecule has 0 unspecified atom stereocenters. The molecular formula is C11H12Cl2N2OS. The summed E-state index contributed by atoms with van der Waals surface area (Å²) in [5.74, 6) is -0.227. The van der Waals surface area contributed by atoms with E-state index in [1.807, 2.05) is 0 Å². The van der Waals surface area contributed by atoms with E-state index in [0.29, 0.717) is 40.0 Å². The Morgan fingerprint density at radius 1 is 1.41 bits per heavy atom. The molecule has 3 N–H and O–H groups in total. The molecule has 92 valence electrons. The number of hydrogen-bond donors (Lipinski definition) is 2. The molecule has 1 amide bonds. The minimum absolute atomic E-state index is 0.227. The van der Waals surface area contributed by atoms with Gasteiger partial charge in [-0.1, -0.05) is 35.4 Å². The average Bonchev–Trinajstić information content (AvgIpc) is 2.23. The summed E-state index contributed by atoms with van der Waals surface area (Å²) < 4.78 is 0. The van der Waals surface area contributed by atoms with Gasteiger partial charge in [0, 0.05) is 11.6 Å². The number of halogens is 2. The lowest BCUT2D eigenvalue weighted by molar-refractivity contribution is 0.0953. The second-order valence-corrected chi connectivity index (χ2v) is 4.82. The second kappa shape index (κ2) is 6.79. The van der Waals surface area contributed by atoms with E-state index in [4.69, 9.17) is 41.2 Å². The third-order valence-corrected chi connectivity index (χ3v) is 2.81. The molecule has 1 aromatic rings. The van der Waals surface area contributed by atoms with Crippen LogP contribution in [-0.2, 0) is 0 Å². The molecular weight excluding hydrogens is 279 g/mol. The van der Waals surface area contributed by atoms with Crippen LogP contribution in [0.4, 0.5) is 0 Å². The lowest BCUT2D eigenvalue weighted by atomic mass is 10.2. The van der Waals surface area contributed by atoms with E-state index in [0.717, 1.165) is 0 Å². The highest BCUT2D eigenvalue weighted by Crippen LogP contribution is 2.20.